The molecule has 0 bridgehead atoms. The van der Waals surface area contributed by atoms with E-state index in [1.165, 1.54) is 6.07 Å². The second kappa shape index (κ2) is 8.24. The topological polar surface area (TPSA) is 98.5 Å². The minimum absolute atomic E-state index is 0.117. The number of anilines is 1. The first-order valence-corrected chi connectivity index (χ1v) is 10.8. The van der Waals surface area contributed by atoms with Gasteiger partial charge in [-0.05, 0) is 43.7 Å². The van der Waals surface area contributed by atoms with Crippen LogP contribution in [0.1, 0.15) is 35.9 Å². The molecule has 4 N–H and O–H groups in total. The Balaban J connectivity index is 1.63. The Labute approximate surface area is 190 Å². The molecule has 5 rings (SSSR count). The molecule has 166 valence electrons. The van der Waals surface area contributed by atoms with Crippen LogP contribution >= 0.6 is 0 Å². The molecule has 2 heterocycles. The number of aliphatic hydroxyl groups is 2. The Bertz CT molecular complexity index is 1500. The van der Waals surface area contributed by atoms with E-state index in [4.69, 9.17) is 4.42 Å². The third kappa shape index (κ3) is 3.91. The number of H-pyrrole nitrogens is 1. The number of para-hydroxylation sites is 2. The highest BCUT2D eigenvalue weighted by molar-refractivity contribution is 5.87. The van der Waals surface area contributed by atoms with Crippen molar-refractivity contribution in [2.24, 2.45) is 0 Å². The number of aromatic amines is 1. The van der Waals surface area contributed by atoms with Crippen molar-refractivity contribution >= 4 is 27.6 Å². The summed E-state index contributed by atoms with van der Waals surface area (Å²) >= 11 is 0. The van der Waals surface area contributed by atoms with Gasteiger partial charge >= 0.3 is 0 Å². The third-order valence-electron chi connectivity index (χ3n) is 5.87. The summed E-state index contributed by atoms with van der Waals surface area (Å²) in [7, 11) is 0. The number of rotatable bonds is 5. The second-order valence-corrected chi connectivity index (χ2v) is 8.30. The Kier molecular flexibility index (Phi) is 5.24. The Morgan fingerprint density at radius 3 is 2.48 bits per heavy atom. The van der Waals surface area contributed by atoms with Crippen LogP contribution in [0, 0.1) is 6.92 Å². The molecule has 6 heteroatoms. The molecule has 5 aromatic rings. The SMILES string of the molecule is Cc1cc(C(C)Nc2ccccc2C(O)O)c2oc(-c3cc4ccccc4[nH]3)cc(=O)c2c1. The zero-order valence-corrected chi connectivity index (χ0v) is 18.3. The summed E-state index contributed by atoms with van der Waals surface area (Å²) in [4.78, 5) is 16.4. The van der Waals surface area contributed by atoms with Crippen molar-refractivity contribution in [2.45, 2.75) is 26.2 Å². The number of nitrogens with one attached hydrogen (secondary N) is 2. The van der Waals surface area contributed by atoms with E-state index in [-0.39, 0.29) is 11.5 Å². The standard InChI is InChI=1S/C27H24N2O4/c1-15-11-19(16(2)28-22-10-6-4-8-18(22)27(31)32)26-20(12-15)24(30)14-25(33-26)23-13-17-7-3-5-9-21(17)29-23/h3-14,16,27-29,31-32H,1-2H3. The predicted molar refractivity (Wildman–Crippen MR) is 130 cm³/mol. The van der Waals surface area contributed by atoms with Gasteiger partial charge in [-0.3, -0.25) is 4.79 Å². The van der Waals surface area contributed by atoms with Crippen LogP contribution in [0.3, 0.4) is 0 Å². The van der Waals surface area contributed by atoms with Crippen molar-refractivity contribution in [2.75, 3.05) is 5.32 Å². The molecule has 0 aliphatic heterocycles. The molecule has 0 radical (unpaired) electrons. The van der Waals surface area contributed by atoms with E-state index in [1.54, 1.807) is 18.2 Å². The molecule has 0 spiro atoms. The number of hydrogen-bond acceptors (Lipinski definition) is 5. The minimum Gasteiger partial charge on any atom is -0.454 e. The molecule has 6 nitrogen and oxygen atoms in total. The molecular formula is C27H24N2O4. The van der Waals surface area contributed by atoms with Gasteiger partial charge in [-0.15, -0.1) is 0 Å². The maximum absolute atomic E-state index is 13.1. The maximum atomic E-state index is 13.1. The summed E-state index contributed by atoms with van der Waals surface area (Å²) in [5.74, 6) is 0.465. The smallest absolute Gasteiger partial charge is 0.193 e. The number of aromatic nitrogens is 1. The van der Waals surface area contributed by atoms with Crippen LogP contribution in [-0.4, -0.2) is 15.2 Å². The number of aliphatic hydroxyl groups excluding tert-OH is 1. The zero-order valence-electron chi connectivity index (χ0n) is 18.3. The van der Waals surface area contributed by atoms with Gasteiger partial charge in [-0.25, -0.2) is 0 Å². The van der Waals surface area contributed by atoms with Gasteiger partial charge in [0.25, 0.3) is 0 Å². The predicted octanol–water partition coefficient (Wildman–Crippen LogP) is 5.41. The fraction of sp³-hybridized carbons (Fsp3) is 0.148. The van der Waals surface area contributed by atoms with Crippen LogP contribution in [-0.2, 0) is 0 Å². The van der Waals surface area contributed by atoms with E-state index in [0.717, 1.165) is 27.7 Å². The van der Waals surface area contributed by atoms with Gasteiger partial charge in [-0.2, -0.15) is 0 Å². The zero-order chi connectivity index (χ0) is 23.1. The van der Waals surface area contributed by atoms with Crippen molar-refractivity contribution in [3.05, 3.63) is 99.7 Å². The van der Waals surface area contributed by atoms with E-state index >= 15 is 0 Å². The first-order valence-electron chi connectivity index (χ1n) is 10.8. The largest absolute Gasteiger partial charge is 0.454 e. The average Bonchev–Trinajstić information content (AvgIpc) is 3.23. The van der Waals surface area contributed by atoms with Gasteiger partial charge in [0.2, 0.25) is 0 Å². The number of fused-ring (bicyclic) bond motifs is 2. The van der Waals surface area contributed by atoms with Crippen molar-refractivity contribution in [3.8, 4) is 11.5 Å². The highest BCUT2D eigenvalue weighted by Gasteiger charge is 2.18. The van der Waals surface area contributed by atoms with Crippen molar-refractivity contribution < 1.29 is 14.6 Å². The van der Waals surface area contributed by atoms with Crippen LogP contribution in [0.25, 0.3) is 33.3 Å². The van der Waals surface area contributed by atoms with Crippen LogP contribution < -0.4 is 10.7 Å². The highest BCUT2D eigenvalue weighted by Crippen LogP contribution is 2.32. The van der Waals surface area contributed by atoms with E-state index in [0.29, 0.717) is 28.0 Å². The van der Waals surface area contributed by atoms with Crippen LogP contribution in [0.15, 0.2) is 82.0 Å². The molecule has 0 saturated carbocycles. The molecule has 0 amide bonds. The summed E-state index contributed by atoms with van der Waals surface area (Å²) in [5, 5.41) is 24.3. The van der Waals surface area contributed by atoms with Crippen molar-refractivity contribution in [3.63, 3.8) is 0 Å². The van der Waals surface area contributed by atoms with E-state index < -0.39 is 6.29 Å². The van der Waals surface area contributed by atoms with Gasteiger partial charge in [0, 0.05) is 33.8 Å². The van der Waals surface area contributed by atoms with Gasteiger partial charge < -0.3 is 24.9 Å². The summed E-state index contributed by atoms with van der Waals surface area (Å²) in [5.41, 5.74) is 4.81. The number of hydrogen-bond donors (Lipinski definition) is 4. The van der Waals surface area contributed by atoms with Crippen LogP contribution in [0.5, 0.6) is 0 Å². The normalized spacial score (nSPS) is 12.5. The monoisotopic (exact) mass is 440 g/mol. The Hall–Kier alpha value is -3.87. The fourth-order valence-corrected chi connectivity index (χ4v) is 4.26. The molecule has 1 unspecified atom stereocenters. The lowest BCUT2D eigenvalue weighted by molar-refractivity contribution is -0.0419. The highest BCUT2D eigenvalue weighted by atomic mass is 16.5. The molecule has 1 atom stereocenters. The van der Waals surface area contributed by atoms with E-state index in [2.05, 4.69) is 10.3 Å². The van der Waals surface area contributed by atoms with Crippen molar-refractivity contribution in [1.29, 1.82) is 0 Å². The average molecular weight is 440 g/mol. The van der Waals surface area contributed by atoms with Crippen LogP contribution in [0.2, 0.25) is 0 Å². The summed E-state index contributed by atoms with van der Waals surface area (Å²) in [6.07, 6.45) is -1.60. The fourth-order valence-electron chi connectivity index (χ4n) is 4.26. The van der Waals surface area contributed by atoms with Crippen LogP contribution in [0.4, 0.5) is 5.69 Å². The summed E-state index contributed by atoms with van der Waals surface area (Å²) < 4.78 is 6.31. The maximum Gasteiger partial charge on any atom is 0.193 e. The molecule has 2 aromatic heterocycles. The lowest BCUT2D eigenvalue weighted by Gasteiger charge is -2.20. The molecular weight excluding hydrogens is 416 g/mol. The summed E-state index contributed by atoms with van der Waals surface area (Å²) in [6, 6.07) is 21.9. The van der Waals surface area contributed by atoms with Gasteiger partial charge in [0.05, 0.1) is 17.1 Å². The molecule has 0 saturated heterocycles. The second-order valence-electron chi connectivity index (χ2n) is 8.30. The minimum atomic E-state index is -1.60. The van der Waals surface area contributed by atoms with Gasteiger partial charge in [0.1, 0.15) is 5.58 Å². The lowest BCUT2D eigenvalue weighted by atomic mass is 10.0. The van der Waals surface area contributed by atoms with Gasteiger partial charge in [0.15, 0.2) is 17.5 Å². The third-order valence-corrected chi connectivity index (χ3v) is 5.87. The van der Waals surface area contributed by atoms with Gasteiger partial charge in [-0.1, -0.05) is 42.5 Å². The lowest BCUT2D eigenvalue weighted by Crippen LogP contribution is -2.12. The van der Waals surface area contributed by atoms with E-state index in [1.807, 2.05) is 62.4 Å². The number of aryl methyl sites for hydroxylation is 1. The Morgan fingerprint density at radius 2 is 1.70 bits per heavy atom. The molecule has 0 fully saturated rings. The molecule has 0 aliphatic rings. The quantitative estimate of drug-likeness (QED) is 0.274. The van der Waals surface area contributed by atoms with Crippen molar-refractivity contribution in [1.82, 2.24) is 4.98 Å². The molecule has 3 aromatic carbocycles. The summed E-state index contributed by atoms with van der Waals surface area (Å²) in [6.45, 7) is 3.89. The number of benzene rings is 3. The molecule has 33 heavy (non-hydrogen) atoms. The first kappa shape index (κ1) is 21.0. The Morgan fingerprint density at radius 1 is 0.939 bits per heavy atom. The first-order chi connectivity index (χ1) is 15.9. The molecule has 0 aliphatic carbocycles. The van der Waals surface area contributed by atoms with E-state index in [9.17, 15) is 15.0 Å².